The third-order valence-electron chi connectivity index (χ3n) is 2.58. The zero-order valence-corrected chi connectivity index (χ0v) is 11.1. The Bertz CT molecular complexity index is 712. The van der Waals surface area contributed by atoms with E-state index in [0.717, 1.165) is 27.5 Å². The lowest BCUT2D eigenvalue weighted by Crippen LogP contribution is -1.96. The fraction of sp³-hybridized carbons (Fsp3) is 0.182. The first-order valence-corrected chi connectivity index (χ1v) is 7.05. The lowest BCUT2D eigenvalue weighted by Gasteiger charge is -1.94. The van der Waals surface area contributed by atoms with Gasteiger partial charge in [0.25, 0.3) is 0 Å². The number of hydrogen-bond donors (Lipinski definition) is 1. The van der Waals surface area contributed by atoms with Gasteiger partial charge in [-0.1, -0.05) is 6.92 Å². The minimum absolute atomic E-state index is 0.336. The summed E-state index contributed by atoms with van der Waals surface area (Å²) in [6, 6.07) is 1.69. The molecule has 0 aliphatic carbocycles. The minimum Gasteiger partial charge on any atom is -0.477 e. The van der Waals surface area contributed by atoms with Crippen LogP contribution in [0.2, 0.25) is 0 Å². The third-order valence-corrected chi connectivity index (χ3v) is 4.43. The molecule has 3 aromatic heterocycles. The van der Waals surface area contributed by atoms with Crippen molar-refractivity contribution in [1.82, 2.24) is 14.8 Å². The lowest BCUT2D eigenvalue weighted by molar-refractivity contribution is 0.0702. The molecular weight excluding hydrogens is 270 g/mol. The molecule has 0 amide bonds. The van der Waals surface area contributed by atoms with Gasteiger partial charge in [0.05, 0.1) is 5.69 Å². The molecule has 0 bridgehead atoms. The number of nitrogens with zero attached hydrogens (tertiary/aromatic N) is 3. The van der Waals surface area contributed by atoms with Gasteiger partial charge in [-0.05, 0) is 12.5 Å². The number of aryl methyl sites for hydroxylation is 1. The maximum atomic E-state index is 11.0. The van der Waals surface area contributed by atoms with E-state index in [1.807, 2.05) is 12.3 Å². The predicted molar refractivity (Wildman–Crippen MR) is 71.0 cm³/mol. The first-order valence-electron chi connectivity index (χ1n) is 5.35. The van der Waals surface area contributed by atoms with Crippen LogP contribution in [0.15, 0.2) is 17.6 Å². The van der Waals surface area contributed by atoms with Gasteiger partial charge in [-0.3, -0.25) is 0 Å². The van der Waals surface area contributed by atoms with Crippen LogP contribution in [0.4, 0.5) is 0 Å². The first kappa shape index (κ1) is 11.4. The molecule has 0 saturated carbocycles. The van der Waals surface area contributed by atoms with E-state index in [0.29, 0.717) is 4.88 Å². The van der Waals surface area contributed by atoms with Gasteiger partial charge in [0.1, 0.15) is 9.71 Å². The van der Waals surface area contributed by atoms with Crippen LogP contribution in [0.25, 0.3) is 15.3 Å². The Kier molecular flexibility index (Phi) is 2.64. The summed E-state index contributed by atoms with van der Waals surface area (Å²) in [5, 5.41) is 17.1. The van der Waals surface area contributed by atoms with Crippen molar-refractivity contribution in [3.05, 3.63) is 28.2 Å². The van der Waals surface area contributed by atoms with Crippen LogP contribution in [0.3, 0.4) is 0 Å². The zero-order valence-electron chi connectivity index (χ0n) is 9.45. The number of rotatable bonds is 3. The summed E-state index contributed by atoms with van der Waals surface area (Å²) in [7, 11) is 0. The maximum absolute atomic E-state index is 11.0. The number of thiophene rings is 1. The van der Waals surface area contributed by atoms with Gasteiger partial charge in [0.15, 0.2) is 0 Å². The number of hydrogen-bond acceptors (Lipinski definition) is 5. The van der Waals surface area contributed by atoms with Crippen molar-refractivity contribution in [3.63, 3.8) is 0 Å². The molecule has 0 radical (unpaired) electrons. The first-order chi connectivity index (χ1) is 8.70. The summed E-state index contributed by atoms with van der Waals surface area (Å²) >= 11 is 2.71. The van der Waals surface area contributed by atoms with Crippen LogP contribution in [-0.4, -0.2) is 25.8 Å². The summed E-state index contributed by atoms with van der Waals surface area (Å²) in [6.07, 6.45) is 2.48. The van der Waals surface area contributed by atoms with Crippen LogP contribution in [0.5, 0.6) is 0 Å². The van der Waals surface area contributed by atoms with E-state index in [1.54, 1.807) is 16.9 Å². The zero-order chi connectivity index (χ0) is 12.7. The SMILES string of the molecule is CCc1nn(-c2nccs2)c2sc(C(=O)O)cc12. The summed E-state index contributed by atoms with van der Waals surface area (Å²) in [4.78, 5) is 16.4. The molecule has 0 spiro atoms. The van der Waals surface area contributed by atoms with Crippen molar-refractivity contribution in [1.29, 1.82) is 0 Å². The molecule has 1 N–H and O–H groups in total. The van der Waals surface area contributed by atoms with E-state index >= 15 is 0 Å². The molecular formula is C11H9N3O2S2. The van der Waals surface area contributed by atoms with Crippen LogP contribution in [-0.2, 0) is 6.42 Å². The van der Waals surface area contributed by atoms with E-state index in [4.69, 9.17) is 5.11 Å². The Morgan fingerprint density at radius 3 is 3.00 bits per heavy atom. The molecule has 3 rings (SSSR count). The molecule has 0 fully saturated rings. The average Bonchev–Trinajstić information content (AvgIpc) is 3.04. The standard InChI is InChI=1S/C11H9N3O2S2/c1-2-7-6-5-8(10(15)16)18-9(6)14(13-7)11-12-3-4-17-11/h3-5H,2H2,1H3,(H,15,16). The molecule has 0 atom stereocenters. The van der Waals surface area contributed by atoms with E-state index in [1.165, 1.54) is 22.7 Å². The normalized spacial score (nSPS) is 11.2. The van der Waals surface area contributed by atoms with E-state index in [9.17, 15) is 4.79 Å². The van der Waals surface area contributed by atoms with Gasteiger partial charge in [-0.2, -0.15) is 9.78 Å². The third kappa shape index (κ3) is 1.63. The van der Waals surface area contributed by atoms with Gasteiger partial charge in [-0.25, -0.2) is 9.78 Å². The second-order valence-corrected chi connectivity index (χ2v) is 5.57. The number of carboxylic acids is 1. The summed E-state index contributed by atoms with van der Waals surface area (Å²) < 4.78 is 1.73. The van der Waals surface area contributed by atoms with E-state index in [-0.39, 0.29) is 0 Å². The van der Waals surface area contributed by atoms with E-state index < -0.39 is 5.97 Å². The van der Waals surface area contributed by atoms with Crippen LogP contribution in [0.1, 0.15) is 22.3 Å². The van der Waals surface area contributed by atoms with Gasteiger partial charge >= 0.3 is 5.97 Å². The van der Waals surface area contributed by atoms with Gasteiger partial charge in [-0.15, -0.1) is 22.7 Å². The molecule has 0 aliphatic rings. The maximum Gasteiger partial charge on any atom is 0.345 e. The van der Waals surface area contributed by atoms with Crippen molar-refractivity contribution < 1.29 is 9.90 Å². The molecule has 7 heteroatoms. The highest BCUT2D eigenvalue weighted by Crippen LogP contribution is 2.31. The van der Waals surface area contributed by atoms with Crippen molar-refractivity contribution in [2.45, 2.75) is 13.3 Å². The van der Waals surface area contributed by atoms with Crippen molar-refractivity contribution >= 4 is 38.9 Å². The highest BCUT2D eigenvalue weighted by Gasteiger charge is 2.18. The molecule has 18 heavy (non-hydrogen) atoms. The molecule has 0 aromatic carbocycles. The Balaban J connectivity index is 2.29. The van der Waals surface area contributed by atoms with Crippen LogP contribution in [0, 0.1) is 0 Å². The van der Waals surface area contributed by atoms with Crippen LogP contribution >= 0.6 is 22.7 Å². The number of fused-ring (bicyclic) bond motifs is 1. The smallest absolute Gasteiger partial charge is 0.345 e. The number of carboxylic acid groups (broad SMARTS) is 1. The molecule has 0 saturated heterocycles. The quantitative estimate of drug-likeness (QED) is 0.800. The van der Waals surface area contributed by atoms with Crippen LogP contribution < -0.4 is 0 Å². The lowest BCUT2D eigenvalue weighted by atomic mass is 10.2. The fourth-order valence-electron chi connectivity index (χ4n) is 1.78. The minimum atomic E-state index is -0.899. The number of aromatic nitrogens is 3. The summed E-state index contributed by atoms with van der Waals surface area (Å²) in [5.41, 5.74) is 0.906. The van der Waals surface area contributed by atoms with Gasteiger partial charge < -0.3 is 5.11 Å². The van der Waals surface area contributed by atoms with Crippen molar-refractivity contribution in [2.24, 2.45) is 0 Å². The Morgan fingerprint density at radius 1 is 1.56 bits per heavy atom. The molecule has 3 aromatic rings. The molecule has 5 nitrogen and oxygen atoms in total. The van der Waals surface area contributed by atoms with Crippen molar-refractivity contribution in [2.75, 3.05) is 0 Å². The molecule has 92 valence electrons. The number of aromatic carboxylic acids is 1. The van der Waals surface area contributed by atoms with Crippen molar-refractivity contribution in [3.8, 4) is 5.13 Å². The molecule has 3 heterocycles. The van der Waals surface area contributed by atoms with Gasteiger partial charge in [0, 0.05) is 17.0 Å². The van der Waals surface area contributed by atoms with E-state index in [2.05, 4.69) is 10.1 Å². The largest absolute Gasteiger partial charge is 0.477 e. The Labute approximate surface area is 110 Å². The monoisotopic (exact) mass is 279 g/mol. The highest BCUT2D eigenvalue weighted by molar-refractivity contribution is 7.20. The summed E-state index contributed by atoms with van der Waals surface area (Å²) in [5.74, 6) is -0.899. The Morgan fingerprint density at radius 2 is 2.39 bits per heavy atom. The fourth-order valence-corrected chi connectivity index (χ4v) is 3.41. The second kappa shape index (κ2) is 4.18. The summed E-state index contributed by atoms with van der Waals surface area (Å²) in [6.45, 7) is 2.01. The topological polar surface area (TPSA) is 68.0 Å². The Hall–Kier alpha value is -1.73. The predicted octanol–water partition coefficient (Wildman–Crippen LogP) is 2.80. The average molecular weight is 279 g/mol. The molecule has 0 unspecified atom stereocenters. The number of thiazole rings is 1. The second-order valence-electron chi connectivity index (χ2n) is 3.66. The number of carbonyl (C=O) groups is 1. The molecule has 0 aliphatic heterocycles. The highest BCUT2D eigenvalue weighted by atomic mass is 32.1. The van der Waals surface area contributed by atoms with Gasteiger partial charge in [0.2, 0.25) is 5.13 Å².